The molecule has 5 nitrogen and oxygen atoms in total. The van der Waals surface area contributed by atoms with Gasteiger partial charge in [-0.25, -0.2) is 15.2 Å². The quantitative estimate of drug-likeness (QED) is 0.670. The minimum Gasteiger partial charge on any atom is -0.350 e. The first-order valence-corrected chi connectivity index (χ1v) is 6.38. The molecule has 1 aromatic heterocycles. The molecule has 1 unspecified atom stereocenters. The van der Waals surface area contributed by atoms with E-state index in [1.54, 1.807) is 24.1 Å². The summed E-state index contributed by atoms with van der Waals surface area (Å²) in [6, 6.07) is 7.30. The number of hydrazine groups is 1. The van der Waals surface area contributed by atoms with Gasteiger partial charge in [0.1, 0.15) is 0 Å². The van der Waals surface area contributed by atoms with E-state index < -0.39 is 5.82 Å². The summed E-state index contributed by atoms with van der Waals surface area (Å²) in [6.45, 7) is 1.94. The molecule has 0 aliphatic rings. The van der Waals surface area contributed by atoms with Crippen LogP contribution in [-0.2, 0) is 0 Å². The van der Waals surface area contributed by atoms with Crippen molar-refractivity contribution in [1.82, 2.24) is 9.97 Å². The SMILES string of the molecule is CC(c1ccc(Cl)cc1)N(C)c1nc(NN)ncc1F. The molecule has 0 bridgehead atoms. The van der Waals surface area contributed by atoms with Crippen LogP contribution in [0, 0.1) is 5.82 Å². The molecule has 0 amide bonds. The summed E-state index contributed by atoms with van der Waals surface area (Å²) >= 11 is 5.86. The maximum Gasteiger partial charge on any atom is 0.239 e. The predicted octanol–water partition coefficient (Wildman–Crippen LogP) is 2.75. The molecule has 0 spiro atoms. The Balaban J connectivity index is 2.30. The number of halogens is 2. The van der Waals surface area contributed by atoms with E-state index in [1.807, 2.05) is 19.1 Å². The van der Waals surface area contributed by atoms with Crippen LogP contribution in [0.3, 0.4) is 0 Å². The summed E-state index contributed by atoms with van der Waals surface area (Å²) in [7, 11) is 1.75. The molecule has 0 radical (unpaired) electrons. The third-order valence-electron chi connectivity index (χ3n) is 3.12. The Kier molecular flexibility index (Phi) is 4.36. The van der Waals surface area contributed by atoms with Crippen LogP contribution in [0.5, 0.6) is 0 Å². The highest BCUT2D eigenvalue weighted by Gasteiger charge is 2.18. The molecule has 1 aromatic carbocycles. The lowest BCUT2D eigenvalue weighted by molar-refractivity contribution is 0.596. The van der Waals surface area contributed by atoms with Crippen LogP contribution < -0.4 is 16.2 Å². The van der Waals surface area contributed by atoms with Crippen LogP contribution in [0.25, 0.3) is 0 Å². The number of nitrogens with two attached hydrogens (primary N) is 1. The molecule has 0 aliphatic heterocycles. The lowest BCUT2D eigenvalue weighted by Gasteiger charge is -2.26. The van der Waals surface area contributed by atoms with Crippen LogP contribution in [0.15, 0.2) is 30.5 Å². The zero-order valence-electron chi connectivity index (χ0n) is 11.1. The van der Waals surface area contributed by atoms with Crippen molar-refractivity contribution in [3.8, 4) is 0 Å². The van der Waals surface area contributed by atoms with E-state index in [2.05, 4.69) is 15.4 Å². The van der Waals surface area contributed by atoms with E-state index in [1.165, 1.54) is 0 Å². The van der Waals surface area contributed by atoms with Crippen LogP contribution >= 0.6 is 11.6 Å². The summed E-state index contributed by atoms with van der Waals surface area (Å²) < 4.78 is 13.8. The zero-order valence-corrected chi connectivity index (χ0v) is 11.9. The van der Waals surface area contributed by atoms with Gasteiger partial charge in [0.15, 0.2) is 11.6 Å². The van der Waals surface area contributed by atoms with Gasteiger partial charge in [-0.1, -0.05) is 23.7 Å². The number of rotatable bonds is 4. The maximum absolute atomic E-state index is 13.8. The number of benzene rings is 1. The summed E-state index contributed by atoms with van der Waals surface area (Å²) in [5, 5.41) is 0.659. The Hall–Kier alpha value is -1.92. The number of nitrogen functional groups attached to an aromatic ring is 1. The Morgan fingerprint density at radius 1 is 1.35 bits per heavy atom. The fraction of sp³-hybridized carbons (Fsp3) is 0.231. The third-order valence-corrected chi connectivity index (χ3v) is 3.37. The summed E-state index contributed by atoms with van der Waals surface area (Å²) in [4.78, 5) is 9.46. The van der Waals surface area contributed by atoms with E-state index in [-0.39, 0.29) is 17.8 Å². The van der Waals surface area contributed by atoms with Gasteiger partial charge in [-0.05, 0) is 24.6 Å². The average Bonchev–Trinajstić information content (AvgIpc) is 2.47. The van der Waals surface area contributed by atoms with Gasteiger partial charge in [0.25, 0.3) is 0 Å². The van der Waals surface area contributed by atoms with E-state index in [9.17, 15) is 4.39 Å². The van der Waals surface area contributed by atoms with Gasteiger partial charge >= 0.3 is 0 Å². The Morgan fingerprint density at radius 3 is 2.60 bits per heavy atom. The highest BCUT2D eigenvalue weighted by atomic mass is 35.5. The molecule has 2 aromatic rings. The molecule has 0 saturated heterocycles. The van der Waals surface area contributed by atoms with Gasteiger partial charge < -0.3 is 4.90 Å². The van der Waals surface area contributed by atoms with Crippen molar-refractivity contribution in [3.05, 3.63) is 46.9 Å². The van der Waals surface area contributed by atoms with Crippen LogP contribution in [0.1, 0.15) is 18.5 Å². The number of hydrogen-bond donors (Lipinski definition) is 2. The molecule has 7 heteroatoms. The lowest BCUT2D eigenvalue weighted by atomic mass is 10.1. The van der Waals surface area contributed by atoms with Crippen molar-refractivity contribution >= 4 is 23.4 Å². The first kappa shape index (κ1) is 14.5. The minimum atomic E-state index is -0.507. The largest absolute Gasteiger partial charge is 0.350 e. The van der Waals surface area contributed by atoms with Gasteiger partial charge in [0, 0.05) is 12.1 Å². The number of anilines is 2. The lowest BCUT2D eigenvalue weighted by Crippen LogP contribution is -2.25. The van der Waals surface area contributed by atoms with Crippen molar-refractivity contribution in [2.45, 2.75) is 13.0 Å². The summed E-state index contributed by atoms with van der Waals surface area (Å²) in [5.74, 6) is 5.07. The molecular weight excluding hydrogens is 281 g/mol. The van der Waals surface area contributed by atoms with Gasteiger partial charge in [-0.2, -0.15) is 4.98 Å². The highest BCUT2D eigenvalue weighted by molar-refractivity contribution is 6.30. The van der Waals surface area contributed by atoms with Gasteiger partial charge in [0.2, 0.25) is 5.95 Å². The second kappa shape index (κ2) is 6.02. The number of nitrogens with one attached hydrogen (secondary N) is 1. The topological polar surface area (TPSA) is 67.1 Å². The zero-order chi connectivity index (χ0) is 14.7. The highest BCUT2D eigenvalue weighted by Crippen LogP contribution is 2.26. The first-order chi connectivity index (χ1) is 9.52. The molecule has 0 saturated carbocycles. The van der Waals surface area contributed by atoms with Crippen molar-refractivity contribution in [2.24, 2.45) is 5.84 Å². The van der Waals surface area contributed by atoms with E-state index in [0.717, 1.165) is 11.8 Å². The van der Waals surface area contributed by atoms with Crippen molar-refractivity contribution in [2.75, 3.05) is 17.4 Å². The summed E-state index contributed by atoms with van der Waals surface area (Å²) in [5.41, 5.74) is 3.30. The second-order valence-corrected chi connectivity index (χ2v) is 4.78. The fourth-order valence-electron chi connectivity index (χ4n) is 1.82. The predicted molar refractivity (Wildman–Crippen MR) is 78.1 cm³/mol. The molecule has 106 valence electrons. The minimum absolute atomic E-state index is 0.0812. The third kappa shape index (κ3) is 2.97. The molecule has 1 heterocycles. The van der Waals surface area contributed by atoms with Crippen molar-refractivity contribution < 1.29 is 4.39 Å². The van der Waals surface area contributed by atoms with E-state index in [0.29, 0.717) is 5.02 Å². The Bertz CT molecular complexity index is 590. The van der Waals surface area contributed by atoms with Gasteiger partial charge in [-0.15, -0.1) is 0 Å². The van der Waals surface area contributed by atoms with Gasteiger partial charge in [0.05, 0.1) is 12.2 Å². The van der Waals surface area contributed by atoms with Crippen LogP contribution in [0.2, 0.25) is 5.02 Å². The standard InChI is InChI=1S/C13H15ClFN5/c1-8(9-3-5-10(14)6-4-9)20(2)12-11(15)7-17-13(18-12)19-16/h3-8H,16H2,1-2H3,(H,17,18,19). The smallest absolute Gasteiger partial charge is 0.239 e. The summed E-state index contributed by atoms with van der Waals surface area (Å²) in [6.07, 6.45) is 1.09. The van der Waals surface area contributed by atoms with E-state index >= 15 is 0 Å². The Morgan fingerprint density at radius 2 is 2.00 bits per heavy atom. The second-order valence-electron chi connectivity index (χ2n) is 4.35. The number of nitrogens with zero attached hydrogens (tertiary/aromatic N) is 3. The van der Waals surface area contributed by atoms with Crippen LogP contribution in [0.4, 0.5) is 16.2 Å². The van der Waals surface area contributed by atoms with E-state index in [4.69, 9.17) is 17.4 Å². The average molecular weight is 296 g/mol. The molecule has 3 N–H and O–H groups in total. The normalized spacial score (nSPS) is 12.1. The van der Waals surface area contributed by atoms with Crippen molar-refractivity contribution in [3.63, 3.8) is 0 Å². The number of aromatic nitrogens is 2. The Labute approximate surface area is 121 Å². The molecule has 20 heavy (non-hydrogen) atoms. The fourth-order valence-corrected chi connectivity index (χ4v) is 1.95. The van der Waals surface area contributed by atoms with Gasteiger partial charge in [-0.3, -0.25) is 5.43 Å². The number of hydrogen-bond acceptors (Lipinski definition) is 5. The maximum atomic E-state index is 13.8. The van der Waals surface area contributed by atoms with Crippen LogP contribution in [-0.4, -0.2) is 17.0 Å². The molecule has 0 aliphatic carbocycles. The molecular formula is C13H15ClFN5. The molecule has 1 atom stereocenters. The molecule has 2 rings (SSSR count). The molecule has 0 fully saturated rings. The monoisotopic (exact) mass is 295 g/mol. The first-order valence-electron chi connectivity index (χ1n) is 6.00. The van der Waals surface area contributed by atoms with Crippen molar-refractivity contribution in [1.29, 1.82) is 0 Å².